The van der Waals surface area contributed by atoms with Crippen LogP contribution in [0.1, 0.15) is 29.0 Å². The molecule has 1 fully saturated rings. The van der Waals surface area contributed by atoms with E-state index < -0.39 is 0 Å². The molecule has 1 saturated carbocycles. The van der Waals surface area contributed by atoms with Gasteiger partial charge >= 0.3 is 6.03 Å². The number of aromatic nitrogens is 1. The van der Waals surface area contributed by atoms with Crippen molar-refractivity contribution >= 4 is 23.4 Å². The van der Waals surface area contributed by atoms with E-state index in [1.54, 1.807) is 25.3 Å². The monoisotopic (exact) mass is 460 g/mol. The normalized spacial score (nSPS) is 21.4. The Kier molecular flexibility index (Phi) is 4.65. The summed E-state index contributed by atoms with van der Waals surface area (Å²) < 4.78 is 25.6. The number of rotatable bonds is 4. The predicted octanol–water partition coefficient (Wildman–Crippen LogP) is 4.25. The number of carbonyl (C=O) groups is 2. The molecule has 172 valence electrons. The molecule has 1 aliphatic carbocycles. The number of benzene rings is 2. The molecule has 0 radical (unpaired) electrons. The number of nitrogens with zero attached hydrogens (tertiary/aromatic N) is 1. The highest BCUT2D eigenvalue weighted by atomic mass is 19.1. The fourth-order valence-corrected chi connectivity index (χ4v) is 4.60. The quantitative estimate of drug-likeness (QED) is 0.540. The van der Waals surface area contributed by atoms with Crippen LogP contribution in [0.4, 0.5) is 20.7 Å². The van der Waals surface area contributed by atoms with Crippen molar-refractivity contribution in [3.8, 4) is 17.2 Å². The van der Waals surface area contributed by atoms with Crippen LogP contribution in [-0.2, 0) is 11.2 Å². The first-order valence-electron chi connectivity index (χ1n) is 11.1. The van der Waals surface area contributed by atoms with E-state index in [1.165, 1.54) is 12.1 Å². The topological polar surface area (TPSA) is 102 Å². The summed E-state index contributed by atoms with van der Waals surface area (Å²) >= 11 is 0. The average Bonchev–Trinajstić information content (AvgIpc) is 3.32. The van der Waals surface area contributed by atoms with E-state index in [1.807, 2.05) is 18.2 Å². The SMILES string of the molecule is Cc1cc(NC(=O)N[C@H]2[C@H]3Oc4ccc(Oc5ccnc6c5CCC(=O)N6)cc4[C@@H]23)ccc1F. The Morgan fingerprint density at radius 2 is 2.09 bits per heavy atom. The molecule has 3 atom stereocenters. The minimum absolute atomic E-state index is 0.0323. The highest BCUT2D eigenvalue weighted by molar-refractivity contribution is 5.93. The second-order valence-corrected chi connectivity index (χ2v) is 8.68. The summed E-state index contributed by atoms with van der Waals surface area (Å²) in [5.74, 6) is 2.27. The molecule has 0 spiro atoms. The van der Waals surface area contributed by atoms with Crippen molar-refractivity contribution in [1.82, 2.24) is 10.3 Å². The lowest BCUT2D eigenvalue weighted by atomic mass is 10.1. The summed E-state index contributed by atoms with van der Waals surface area (Å²) in [5.41, 5.74) is 2.83. The van der Waals surface area contributed by atoms with Gasteiger partial charge in [-0.3, -0.25) is 4.79 Å². The molecule has 2 aliphatic heterocycles. The number of aryl methyl sites for hydroxylation is 1. The maximum atomic E-state index is 13.4. The highest BCUT2D eigenvalue weighted by Crippen LogP contribution is 2.54. The van der Waals surface area contributed by atoms with Gasteiger partial charge in [-0.1, -0.05) is 0 Å². The molecule has 3 amide bonds. The Morgan fingerprint density at radius 1 is 1.21 bits per heavy atom. The lowest BCUT2D eigenvalue weighted by Gasteiger charge is -2.19. The first-order chi connectivity index (χ1) is 16.5. The van der Waals surface area contributed by atoms with Crippen molar-refractivity contribution in [2.24, 2.45) is 0 Å². The lowest BCUT2D eigenvalue weighted by Crippen LogP contribution is -2.34. The van der Waals surface area contributed by atoms with Gasteiger partial charge in [0.25, 0.3) is 0 Å². The fourth-order valence-electron chi connectivity index (χ4n) is 4.60. The largest absolute Gasteiger partial charge is 0.487 e. The van der Waals surface area contributed by atoms with Crippen molar-refractivity contribution in [2.45, 2.75) is 37.8 Å². The van der Waals surface area contributed by atoms with E-state index in [0.29, 0.717) is 41.4 Å². The predicted molar refractivity (Wildman–Crippen MR) is 122 cm³/mol. The number of hydrogen-bond donors (Lipinski definition) is 3. The summed E-state index contributed by atoms with van der Waals surface area (Å²) in [5, 5.41) is 8.45. The lowest BCUT2D eigenvalue weighted by molar-refractivity contribution is -0.116. The second kappa shape index (κ2) is 7.72. The number of nitrogens with one attached hydrogen (secondary N) is 3. The van der Waals surface area contributed by atoms with Crippen LogP contribution in [-0.4, -0.2) is 29.1 Å². The molecule has 0 unspecified atom stereocenters. The third kappa shape index (κ3) is 3.59. The van der Waals surface area contributed by atoms with Gasteiger partial charge in [-0.2, -0.15) is 0 Å². The first-order valence-corrected chi connectivity index (χ1v) is 11.1. The number of carbonyl (C=O) groups excluding carboxylic acids is 2. The van der Waals surface area contributed by atoms with Gasteiger partial charge in [0, 0.05) is 29.4 Å². The van der Waals surface area contributed by atoms with Crippen molar-refractivity contribution in [2.75, 3.05) is 10.6 Å². The van der Waals surface area contributed by atoms with E-state index in [-0.39, 0.29) is 35.8 Å². The zero-order valence-electron chi connectivity index (χ0n) is 18.2. The van der Waals surface area contributed by atoms with Gasteiger partial charge in [0.15, 0.2) is 0 Å². The summed E-state index contributed by atoms with van der Waals surface area (Å²) in [7, 11) is 0. The summed E-state index contributed by atoms with van der Waals surface area (Å²) in [6.07, 6.45) is 2.44. The number of ether oxygens (including phenoxy) is 2. The van der Waals surface area contributed by atoms with Gasteiger partial charge in [-0.25, -0.2) is 14.2 Å². The molecule has 3 N–H and O–H groups in total. The molecule has 6 rings (SSSR count). The molecule has 9 heteroatoms. The molecular formula is C25H21FN4O4. The number of amides is 3. The summed E-state index contributed by atoms with van der Waals surface area (Å²) in [6.45, 7) is 1.64. The van der Waals surface area contributed by atoms with E-state index in [0.717, 1.165) is 16.9 Å². The third-order valence-corrected chi connectivity index (χ3v) is 6.37. The third-order valence-electron chi connectivity index (χ3n) is 6.37. The zero-order chi connectivity index (χ0) is 23.4. The Hall–Kier alpha value is -4.14. The van der Waals surface area contributed by atoms with Crippen LogP contribution in [0.15, 0.2) is 48.7 Å². The van der Waals surface area contributed by atoms with Gasteiger partial charge in [0.2, 0.25) is 5.91 Å². The van der Waals surface area contributed by atoms with Crippen LogP contribution in [0.2, 0.25) is 0 Å². The number of pyridine rings is 1. The van der Waals surface area contributed by atoms with Crippen molar-refractivity contribution < 1.29 is 23.5 Å². The number of urea groups is 1. The van der Waals surface area contributed by atoms with Crippen LogP contribution in [0.25, 0.3) is 0 Å². The van der Waals surface area contributed by atoms with Gasteiger partial charge in [-0.15, -0.1) is 0 Å². The molecule has 8 nitrogen and oxygen atoms in total. The Labute approximate surface area is 194 Å². The van der Waals surface area contributed by atoms with Crippen LogP contribution in [0, 0.1) is 12.7 Å². The molecule has 1 aromatic heterocycles. The van der Waals surface area contributed by atoms with Crippen molar-refractivity contribution in [1.29, 1.82) is 0 Å². The number of hydrogen-bond acceptors (Lipinski definition) is 5. The summed E-state index contributed by atoms with van der Waals surface area (Å²) in [4.78, 5) is 28.3. The van der Waals surface area contributed by atoms with Crippen molar-refractivity contribution in [3.63, 3.8) is 0 Å². The van der Waals surface area contributed by atoms with E-state index in [9.17, 15) is 14.0 Å². The fraction of sp³-hybridized carbons (Fsp3) is 0.240. The van der Waals surface area contributed by atoms with Crippen LogP contribution in [0.5, 0.6) is 17.2 Å². The number of anilines is 2. The second-order valence-electron chi connectivity index (χ2n) is 8.68. The van der Waals surface area contributed by atoms with Gasteiger partial charge in [-0.05, 0) is 61.4 Å². The van der Waals surface area contributed by atoms with Gasteiger partial charge in [0.1, 0.15) is 35.0 Å². The van der Waals surface area contributed by atoms with Crippen LogP contribution in [0.3, 0.4) is 0 Å². The summed E-state index contributed by atoms with van der Waals surface area (Å²) in [6, 6.07) is 11.3. The molecule has 0 saturated heterocycles. The standard InChI is InChI=1S/C25H21FN4O4/c1-12-10-13(2-5-17(12)26)28-25(32)30-22-21-16-11-14(3-6-18(16)34-23(21)22)33-19-8-9-27-24-15(19)4-7-20(31)29-24/h2-3,5-6,8-11,21-23H,4,7H2,1H3,(H,27,29,31)(H2,28,30,32)/t21-,22+,23-/m0/s1. The highest BCUT2D eigenvalue weighted by Gasteiger charge is 2.59. The molecule has 3 aromatic rings. The van der Waals surface area contributed by atoms with Crippen LogP contribution < -0.4 is 25.4 Å². The van der Waals surface area contributed by atoms with E-state index in [4.69, 9.17) is 9.47 Å². The van der Waals surface area contributed by atoms with Crippen LogP contribution >= 0.6 is 0 Å². The molecule has 3 heterocycles. The Balaban J connectivity index is 1.14. The zero-order valence-corrected chi connectivity index (χ0v) is 18.2. The van der Waals surface area contributed by atoms with Gasteiger partial charge in [0.05, 0.1) is 12.0 Å². The van der Waals surface area contributed by atoms with E-state index >= 15 is 0 Å². The molecule has 2 aromatic carbocycles. The smallest absolute Gasteiger partial charge is 0.319 e. The van der Waals surface area contributed by atoms with Gasteiger partial charge < -0.3 is 25.4 Å². The minimum Gasteiger partial charge on any atom is -0.487 e. The minimum atomic E-state index is -0.367. The van der Waals surface area contributed by atoms with E-state index in [2.05, 4.69) is 20.9 Å². The number of halogens is 1. The molecule has 3 aliphatic rings. The Morgan fingerprint density at radius 3 is 2.94 bits per heavy atom. The maximum absolute atomic E-state index is 13.4. The maximum Gasteiger partial charge on any atom is 0.319 e. The first kappa shape index (κ1) is 20.5. The molecule has 0 bridgehead atoms. The van der Waals surface area contributed by atoms with Crippen molar-refractivity contribution in [3.05, 3.63) is 71.2 Å². The molecule has 34 heavy (non-hydrogen) atoms. The molecular weight excluding hydrogens is 439 g/mol. The Bertz CT molecular complexity index is 1340. The number of fused-ring (bicyclic) bond motifs is 4. The average molecular weight is 460 g/mol.